The van der Waals surface area contributed by atoms with Crippen LogP contribution in [-0.4, -0.2) is 47.8 Å². The molecule has 4 nitrogen and oxygen atoms in total. The number of rotatable bonds is 10. The summed E-state index contributed by atoms with van der Waals surface area (Å²) in [4.78, 5) is 4.76. The Morgan fingerprint density at radius 1 is 1.26 bits per heavy atom. The first-order chi connectivity index (χ1) is 10.7. The summed E-state index contributed by atoms with van der Waals surface area (Å²) in [7, 11) is 0. The lowest BCUT2D eigenvalue weighted by Gasteiger charge is -2.19. The molecule has 3 N–H and O–H groups in total. The lowest BCUT2D eigenvalue weighted by molar-refractivity contribution is 0.253. The average Bonchev–Trinajstić information content (AvgIpc) is 2.93. The molecule has 1 fully saturated rings. The third kappa shape index (κ3) is 10.0. The molecule has 0 heterocycles. The van der Waals surface area contributed by atoms with Crippen LogP contribution in [0.15, 0.2) is 4.99 Å². The van der Waals surface area contributed by atoms with Gasteiger partial charge in [0, 0.05) is 31.0 Å². The SMILES string of the molecule is CCCC(CCO)CN=C(NCC)NC1CCC(SCC)C1.I. The van der Waals surface area contributed by atoms with Crippen LogP contribution in [0.4, 0.5) is 0 Å². The number of aliphatic imine (C=N–C) groups is 1. The predicted molar refractivity (Wildman–Crippen MR) is 114 cm³/mol. The topological polar surface area (TPSA) is 56.7 Å². The Morgan fingerprint density at radius 3 is 2.65 bits per heavy atom. The molecule has 138 valence electrons. The fraction of sp³-hybridized carbons (Fsp3) is 0.941. The van der Waals surface area contributed by atoms with Crippen molar-refractivity contribution in [3.63, 3.8) is 0 Å². The van der Waals surface area contributed by atoms with E-state index in [-0.39, 0.29) is 30.6 Å². The van der Waals surface area contributed by atoms with Crippen molar-refractivity contribution in [2.45, 2.75) is 70.6 Å². The summed E-state index contributed by atoms with van der Waals surface area (Å²) in [6, 6.07) is 0.560. The minimum atomic E-state index is 0. The molecule has 0 spiro atoms. The Kier molecular flexibility index (Phi) is 14.8. The summed E-state index contributed by atoms with van der Waals surface area (Å²) < 4.78 is 0. The third-order valence-corrected chi connectivity index (χ3v) is 5.45. The highest BCUT2D eigenvalue weighted by Gasteiger charge is 2.25. The first-order valence-corrected chi connectivity index (χ1v) is 10.1. The number of thioether (sulfide) groups is 1. The van der Waals surface area contributed by atoms with Crippen molar-refractivity contribution in [2.75, 3.05) is 25.4 Å². The van der Waals surface area contributed by atoms with Crippen LogP contribution in [0.2, 0.25) is 0 Å². The lowest BCUT2D eigenvalue weighted by Crippen LogP contribution is -2.42. The summed E-state index contributed by atoms with van der Waals surface area (Å²) in [5.74, 6) is 2.66. The van der Waals surface area contributed by atoms with E-state index in [0.717, 1.165) is 43.6 Å². The van der Waals surface area contributed by atoms with Gasteiger partial charge in [-0.15, -0.1) is 24.0 Å². The first-order valence-electron chi connectivity index (χ1n) is 9.00. The predicted octanol–water partition coefficient (Wildman–Crippen LogP) is 3.63. The Hall–Kier alpha value is 0.310. The fourth-order valence-electron chi connectivity index (χ4n) is 3.11. The third-order valence-electron chi connectivity index (χ3n) is 4.21. The zero-order valence-electron chi connectivity index (χ0n) is 15.0. The zero-order chi connectivity index (χ0) is 16.2. The first kappa shape index (κ1) is 23.3. The molecule has 6 heteroatoms. The van der Waals surface area contributed by atoms with Gasteiger partial charge in [-0.1, -0.05) is 20.3 Å². The van der Waals surface area contributed by atoms with Gasteiger partial charge >= 0.3 is 0 Å². The Balaban J connectivity index is 0.00000484. The van der Waals surface area contributed by atoms with E-state index in [0.29, 0.717) is 12.0 Å². The van der Waals surface area contributed by atoms with Crippen molar-refractivity contribution >= 4 is 41.7 Å². The number of nitrogens with zero attached hydrogens (tertiary/aromatic N) is 1. The smallest absolute Gasteiger partial charge is 0.191 e. The van der Waals surface area contributed by atoms with Gasteiger partial charge in [0.15, 0.2) is 5.96 Å². The second kappa shape index (κ2) is 14.6. The normalized spacial score (nSPS) is 22.5. The van der Waals surface area contributed by atoms with Crippen LogP contribution in [-0.2, 0) is 0 Å². The van der Waals surface area contributed by atoms with Crippen molar-refractivity contribution in [1.29, 1.82) is 0 Å². The summed E-state index contributed by atoms with van der Waals surface area (Å²) in [5.41, 5.74) is 0. The summed E-state index contributed by atoms with van der Waals surface area (Å²) in [6.45, 7) is 8.52. The largest absolute Gasteiger partial charge is 0.396 e. The maximum atomic E-state index is 9.16. The van der Waals surface area contributed by atoms with Crippen molar-refractivity contribution in [2.24, 2.45) is 10.9 Å². The number of hydrogen-bond acceptors (Lipinski definition) is 3. The molecule has 1 saturated carbocycles. The van der Waals surface area contributed by atoms with Gasteiger partial charge in [0.1, 0.15) is 0 Å². The maximum Gasteiger partial charge on any atom is 0.191 e. The monoisotopic (exact) mass is 457 g/mol. The number of guanidine groups is 1. The minimum absolute atomic E-state index is 0. The van der Waals surface area contributed by atoms with Crippen molar-refractivity contribution in [1.82, 2.24) is 10.6 Å². The van der Waals surface area contributed by atoms with E-state index in [2.05, 4.69) is 43.2 Å². The molecular weight excluding hydrogens is 421 g/mol. The Morgan fingerprint density at radius 2 is 2.04 bits per heavy atom. The highest BCUT2D eigenvalue weighted by Crippen LogP contribution is 2.29. The van der Waals surface area contributed by atoms with E-state index in [4.69, 9.17) is 10.1 Å². The molecule has 0 aromatic rings. The molecule has 1 aliphatic carbocycles. The van der Waals surface area contributed by atoms with Crippen LogP contribution in [0.1, 0.15) is 59.3 Å². The Bertz CT molecular complexity index is 312. The number of halogens is 1. The minimum Gasteiger partial charge on any atom is -0.396 e. The standard InChI is InChI=1S/C17H35N3OS.HI/c1-4-7-14(10-11-21)13-19-17(18-5-2)20-15-8-9-16(12-15)22-6-3;/h14-16,21H,4-13H2,1-3H3,(H2,18,19,20);1H. The van der Waals surface area contributed by atoms with E-state index >= 15 is 0 Å². The molecule has 0 aromatic heterocycles. The number of aliphatic hydroxyl groups is 1. The lowest BCUT2D eigenvalue weighted by atomic mass is 10.0. The van der Waals surface area contributed by atoms with Crippen LogP contribution in [0.5, 0.6) is 0 Å². The number of hydrogen-bond donors (Lipinski definition) is 3. The van der Waals surface area contributed by atoms with Gasteiger partial charge in [-0.2, -0.15) is 11.8 Å². The summed E-state index contributed by atoms with van der Waals surface area (Å²) in [5, 5.41) is 16.9. The summed E-state index contributed by atoms with van der Waals surface area (Å²) >= 11 is 2.09. The van der Waals surface area contributed by atoms with Gasteiger partial charge in [-0.05, 0) is 50.7 Å². The van der Waals surface area contributed by atoms with Crippen molar-refractivity contribution in [3.05, 3.63) is 0 Å². The van der Waals surface area contributed by atoms with Gasteiger partial charge in [0.2, 0.25) is 0 Å². The maximum absolute atomic E-state index is 9.16. The molecule has 23 heavy (non-hydrogen) atoms. The molecule has 3 unspecified atom stereocenters. The number of aliphatic hydroxyl groups excluding tert-OH is 1. The zero-order valence-corrected chi connectivity index (χ0v) is 18.2. The highest BCUT2D eigenvalue weighted by molar-refractivity contribution is 14.0. The molecule has 1 rings (SSSR count). The van der Waals surface area contributed by atoms with Gasteiger partial charge < -0.3 is 15.7 Å². The van der Waals surface area contributed by atoms with E-state index < -0.39 is 0 Å². The molecule has 0 aliphatic heterocycles. The molecule has 0 saturated heterocycles. The molecule has 0 amide bonds. The van der Waals surface area contributed by atoms with Crippen LogP contribution in [0, 0.1) is 5.92 Å². The Labute approximate surface area is 164 Å². The van der Waals surface area contributed by atoms with Crippen LogP contribution < -0.4 is 10.6 Å². The molecule has 3 atom stereocenters. The van der Waals surface area contributed by atoms with Gasteiger partial charge in [-0.25, -0.2) is 0 Å². The van der Waals surface area contributed by atoms with Crippen LogP contribution in [0.25, 0.3) is 0 Å². The second-order valence-electron chi connectivity index (χ2n) is 6.12. The van der Waals surface area contributed by atoms with Crippen molar-refractivity contribution in [3.8, 4) is 0 Å². The average molecular weight is 457 g/mol. The van der Waals surface area contributed by atoms with Crippen LogP contribution in [0.3, 0.4) is 0 Å². The molecule has 1 aliphatic rings. The van der Waals surface area contributed by atoms with Gasteiger partial charge in [0.25, 0.3) is 0 Å². The van der Waals surface area contributed by atoms with Crippen LogP contribution >= 0.6 is 35.7 Å². The van der Waals surface area contributed by atoms with Gasteiger partial charge in [-0.3, -0.25) is 4.99 Å². The molecule has 0 aromatic carbocycles. The highest BCUT2D eigenvalue weighted by atomic mass is 127. The molecule has 0 bridgehead atoms. The van der Waals surface area contributed by atoms with E-state index in [9.17, 15) is 0 Å². The van der Waals surface area contributed by atoms with E-state index in [1.54, 1.807) is 0 Å². The molecular formula is C17H36IN3OS. The molecule has 0 radical (unpaired) electrons. The quantitative estimate of drug-likeness (QED) is 0.267. The summed E-state index contributed by atoms with van der Waals surface area (Å²) in [6.07, 6.45) is 6.97. The number of nitrogens with one attached hydrogen (secondary N) is 2. The fourth-order valence-corrected chi connectivity index (χ4v) is 4.25. The van der Waals surface area contributed by atoms with E-state index in [1.165, 1.54) is 25.0 Å². The van der Waals surface area contributed by atoms with E-state index in [1.807, 2.05) is 0 Å². The second-order valence-corrected chi connectivity index (χ2v) is 7.70. The van der Waals surface area contributed by atoms with Crippen molar-refractivity contribution < 1.29 is 5.11 Å². The van der Waals surface area contributed by atoms with Gasteiger partial charge in [0.05, 0.1) is 0 Å².